The normalized spacial score (nSPS) is 15.2. The number of carbonyl (C=O) groups is 3. The van der Waals surface area contributed by atoms with E-state index in [9.17, 15) is 14.4 Å². The number of alkyl carbamates (subject to hydrolysis) is 1. The fraction of sp³-hybridized carbons (Fsp3) is 0.341. The van der Waals surface area contributed by atoms with Gasteiger partial charge in [0, 0.05) is 50.3 Å². The number of amides is 3. The number of hydroxylamine groups is 2. The molecule has 3 amide bonds. The summed E-state index contributed by atoms with van der Waals surface area (Å²) >= 11 is 0. The number of likely N-dealkylation sites (tertiary alicyclic amines) is 1. The van der Waals surface area contributed by atoms with Gasteiger partial charge in [-0.3, -0.25) is 24.4 Å². The molecule has 1 aromatic heterocycles. The summed E-state index contributed by atoms with van der Waals surface area (Å²) in [6.07, 6.45) is 3.70. The molecule has 0 bridgehead atoms. The van der Waals surface area contributed by atoms with Crippen molar-refractivity contribution in [3.63, 3.8) is 0 Å². The number of carbonyl (C=O) groups excluding carboxylic acids is 3. The van der Waals surface area contributed by atoms with Gasteiger partial charge < -0.3 is 20.3 Å². The second-order valence-electron chi connectivity index (χ2n) is 14.8. The van der Waals surface area contributed by atoms with Gasteiger partial charge in [0.15, 0.2) is 0 Å². The summed E-state index contributed by atoms with van der Waals surface area (Å²) in [6.45, 7) is 11.4. The molecular formula is C44H50N6O5. The first kappa shape index (κ1) is 38.9. The largest absolute Gasteiger partial charge is 0.444 e. The Hall–Kier alpha value is -5.81. The van der Waals surface area contributed by atoms with Crippen molar-refractivity contribution in [2.24, 2.45) is 10.9 Å². The van der Waals surface area contributed by atoms with Gasteiger partial charge in [-0.05, 0) is 62.9 Å². The third-order valence-electron chi connectivity index (χ3n) is 9.38. The highest BCUT2D eigenvalue weighted by Gasteiger charge is 2.38. The van der Waals surface area contributed by atoms with Gasteiger partial charge in [0.1, 0.15) is 17.0 Å². The Balaban J connectivity index is 1.39. The molecule has 6 rings (SSSR count). The zero-order valence-corrected chi connectivity index (χ0v) is 32.2. The van der Waals surface area contributed by atoms with E-state index in [1.165, 1.54) is 5.06 Å². The minimum absolute atomic E-state index is 0.108. The van der Waals surface area contributed by atoms with Gasteiger partial charge in [0.05, 0.1) is 23.6 Å². The monoisotopic (exact) mass is 742 g/mol. The molecule has 0 saturated carbocycles. The number of pyridine rings is 1. The highest BCUT2D eigenvalue weighted by molar-refractivity contribution is 6.10. The van der Waals surface area contributed by atoms with Crippen LogP contribution >= 0.6 is 0 Å². The van der Waals surface area contributed by atoms with Crippen LogP contribution in [0.1, 0.15) is 80.2 Å². The highest BCUT2D eigenvalue weighted by Crippen LogP contribution is 2.41. The molecule has 2 aliphatic rings. The minimum Gasteiger partial charge on any atom is -0.444 e. The van der Waals surface area contributed by atoms with E-state index in [-0.39, 0.29) is 24.2 Å². The van der Waals surface area contributed by atoms with Crippen molar-refractivity contribution >= 4 is 35.5 Å². The third-order valence-corrected chi connectivity index (χ3v) is 9.38. The van der Waals surface area contributed by atoms with E-state index in [0.717, 1.165) is 16.7 Å². The number of aliphatic imine (C=N–C) groups is 1. The number of anilines is 1. The standard InChI is InChI=1S/C44H50N6O5/c1-6-23-50(54-7-2)41(52)32-24-37-38(25-33(28-45-37)40(51)49-29-31(30-49)27-46-42(53)55-43(3,4)5)47-39(26-32)48-44(34-17-11-8-12-18-34,35-19-13-9-14-20-35)36-21-15-10-16-22-36/h8-22,24-25,28,31H,6-7,23,26-27,29-30H2,1-5H3,(H,46,53)(H,47,48). The first-order valence-electron chi connectivity index (χ1n) is 18.9. The predicted octanol–water partition coefficient (Wildman–Crippen LogP) is 7.46. The molecule has 0 unspecified atom stereocenters. The van der Waals surface area contributed by atoms with Gasteiger partial charge in [0.25, 0.3) is 11.8 Å². The van der Waals surface area contributed by atoms with Crippen LogP contribution in [-0.2, 0) is 19.9 Å². The number of nitrogens with one attached hydrogen (secondary N) is 2. The molecule has 11 nitrogen and oxygen atoms in total. The number of hydrogen-bond donors (Lipinski definition) is 2. The van der Waals surface area contributed by atoms with Crippen LogP contribution < -0.4 is 10.6 Å². The van der Waals surface area contributed by atoms with Gasteiger partial charge in [-0.25, -0.2) is 9.86 Å². The lowest BCUT2D eigenvalue weighted by molar-refractivity contribution is -0.180. The van der Waals surface area contributed by atoms with Gasteiger partial charge in [-0.15, -0.1) is 0 Å². The fourth-order valence-electron chi connectivity index (χ4n) is 6.88. The van der Waals surface area contributed by atoms with E-state index in [0.29, 0.717) is 67.6 Å². The number of hydrogen-bond acceptors (Lipinski definition) is 7. The maximum atomic E-state index is 14.2. The molecule has 4 aromatic rings. The van der Waals surface area contributed by atoms with Crippen LogP contribution in [0.2, 0.25) is 0 Å². The first-order valence-corrected chi connectivity index (χ1v) is 18.9. The zero-order valence-electron chi connectivity index (χ0n) is 32.2. The Morgan fingerprint density at radius 2 is 1.49 bits per heavy atom. The lowest BCUT2D eigenvalue weighted by atomic mass is 9.77. The SMILES string of the molecule is CCCN(OCC)C(=O)C1=Cc2ncc(C(=O)N3CC(CNC(=O)OC(C)(C)C)C3)cc2NC(=NC(c2ccccc2)(c2ccccc2)c2ccccc2)C1. The quantitative estimate of drug-likeness (QED) is 0.114. The van der Waals surface area contributed by atoms with Crippen molar-refractivity contribution in [1.82, 2.24) is 20.3 Å². The molecule has 3 heterocycles. The fourth-order valence-corrected chi connectivity index (χ4v) is 6.88. The van der Waals surface area contributed by atoms with E-state index >= 15 is 0 Å². The summed E-state index contributed by atoms with van der Waals surface area (Å²) in [5.41, 5.74) is 3.15. The maximum Gasteiger partial charge on any atom is 0.407 e. The van der Waals surface area contributed by atoms with E-state index in [1.54, 1.807) is 23.2 Å². The molecule has 0 spiro atoms. The minimum atomic E-state index is -1.01. The van der Waals surface area contributed by atoms with Crippen molar-refractivity contribution in [3.8, 4) is 0 Å². The van der Waals surface area contributed by atoms with Crippen molar-refractivity contribution in [1.29, 1.82) is 0 Å². The lowest BCUT2D eigenvalue weighted by Crippen LogP contribution is -2.54. The predicted molar refractivity (Wildman–Crippen MR) is 214 cm³/mol. The van der Waals surface area contributed by atoms with Crippen LogP contribution in [0.3, 0.4) is 0 Å². The number of ether oxygens (including phenoxy) is 1. The average molecular weight is 743 g/mol. The number of benzene rings is 3. The number of fused-ring (bicyclic) bond motifs is 1. The summed E-state index contributed by atoms with van der Waals surface area (Å²) in [7, 11) is 0. The van der Waals surface area contributed by atoms with E-state index in [2.05, 4.69) is 47.0 Å². The molecular weight excluding hydrogens is 693 g/mol. The van der Waals surface area contributed by atoms with Crippen molar-refractivity contribution < 1.29 is 24.0 Å². The van der Waals surface area contributed by atoms with E-state index in [1.807, 2.05) is 89.2 Å². The number of amidine groups is 1. The van der Waals surface area contributed by atoms with Gasteiger partial charge in [-0.2, -0.15) is 0 Å². The van der Waals surface area contributed by atoms with E-state index < -0.39 is 17.2 Å². The lowest BCUT2D eigenvalue weighted by Gasteiger charge is -2.39. The van der Waals surface area contributed by atoms with Gasteiger partial charge >= 0.3 is 6.09 Å². The van der Waals surface area contributed by atoms with Crippen LogP contribution in [0.5, 0.6) is 0 Å². The summed E-state index contributed by atoms with van der Waals surface area (Å²) < 4.78 is 5.35. The van der Waals surface area contributed by atoms with E-state index in [4.69, 9.17) is 19.6 Å². The molecule has 0 atom stereocenters. The summed E-state index contributed by atoms with van der Waals surface area (Å²) in [5.74, 6) is 0.180. The smallest absolute Gasteiger partial charge is 0.407 e. The Morgan fingerprint density at radius 3 is 2.02 bits per heavy atom. The van der Waals surface area contributed by atoms with Crippen molar-refractivity contribution in [3.05, 3.63) is 137 Å². The molecule has 1 fully saturated rings. The molecule has 2 N–H and O–H groups in total. The maximum absolute atomic E-state index is 14.2. The second-order valence-corrected chi connectivity index (χ2v) is 14.8. The third kappa shape index (κ3) is 9.12. The number of rotatable bonds is 12. The highest BCUT2D eigenvalue weighted by atomic mass is 16.7. The van der Waals surface area contributed by atoms with Crippen molar-refractivity contribution in [2.45, 2.75) is 58.6 Å². The number of aromatic nitrogens is 1. The van der Waals surface area contributed by atoms with Crippen LogP contribution in [0.25, 0.3) is 6.08 Å². The molecule has 11 heteroatoms. The Labute approximate surface area is 323 Å². The Bertz CT molecular complexity index is 1920. The summed E-state index contributed by atoms with van der Waals surface area (Å²) in [4.78, 5) is 58.0. The van der Waals surface area contributed by atoms with Gasteiger partial charge in [0.2, 0.25) is 0 Å². The Kier molecular flexibility index (Phi) is 12.1. The van der Waals surface area contributed by atoms with Crippen LogP contribution in [0, 0.1) is 5.92 Å². The van der Waals surface area contributed by atoms with Gasteiger partial charge in [-0.1, -0.05) is 97.9 Å². The first-order chi connectivity index (χ1) is 26.5. The molecule has 0 aliphatic carbocycles. The summed E-state index contributed by atoms with van der Waals surface area (Å²) in [6, 6.07) is 32.1. The average Bonchev–Trinajstić information content (AvgIpc) is 3.35. The molecule has 1 saturated heterocycles. The Morgan fingerprint density at radius 1 is 0.909 bits per heavy atom. The zero-order chi connectivity index (χ0) is 39.0. The van der Waals surface area contributed by atoms with Crippen LogP contribution in [-0.4, -0.2) is 77.1 Å². The van der Waals surface area contributed by atoms with Crippen LogP contribution in [0.15, 0.2) is 114 Å². The molecule has 2 aliphatic heterocycles. The second kappa shape index (κ2) is 17.1. The molecule has 286 valence electrons. The molecule has 55 heavy (non-hydrogen) atoms. The van der Waals surface area contributed by atoms with Crippen LogP contribution in [0.4, 0.5) is 10.5 Å². The topological polar surface area (TPSA) is 125 Å². The molecule has 3 aromatic carbocycles. The number of nitrogens with zero attached hydrogens (tertiary/aromatic N) is 4. The van der Waals surface area contributed by atoms with Crippen molar-refractivity contribution in [2.75, 3.05) is 38.1 Å². The summed E-state index contributed by atoms with van der Waals surface area (Å²) in [5, 5.41) is 7.74. The molecule has 0 radical (unpaired) electrons.